The van der Waals surface area contributed by atoms with Crippen LogP contribution in [0.25, 0.3) is 0 Å². The van der Waals surface area contributed by atoms with Gasteiger partial charge in [-0.05, 0) is 37.5 Å². The van der Waals surface area contributed by atoms with Crippen molar-refractivity contribution in [3.05, 3.63) is 12.2 Å². The normalized spacial score (nSPS) is 27.2. The van der Waals surface area contributed by atoms with Gasteiger partial charge in [-0.3, -0.25) is 4.79 Å². The second-order valence-corrected chi connectivity index (χ2v) is 4.24. The Labute approximate surface area is 86.6 Å². The first-order valence-corrected chi connectivity index (χ1v) is 5.67. The molecule has 2 nitrogen and oxygen atoms in total. The van der Waals surface area contributed by atoms with E-state index in [1.165, 1.54) is 19.3 Å². The molecule has 0 aliphatic heterocycles. The first kappa shape index (κ1) is 11.3. The largest absolute Gasteiger partial charge is 0.370 e. The van der Waals surface area contributed by atoms with Gasteiger partial charge < -0.3 is 5.73 Å². The number of primary amides is 1. The van der Waals surface area contributed by atoms with Crippen molar-refractivity contribution in [2.75, 3.05) is 0 Å². The third-order valence-electron chi connectivity index (χ3n) is 3.12. The molecule has 0 aromatic rings. The number of hydrogen-bond acceptors (Lipinski definition) is 1. The predicted molar refractivity (Wildman–Crippen MR) is 58.7 cm³/mol. The summed E-state index contributed by atoms with van der Waals surface area (Å²) in [4.78, 5) is 10.8. The van der Waals surface area contributed by atoms with Crippen LogP contribution in [0, 0.1) is 11.8 Å². The fourth-order valence-electron chi connectivity index (χ4n) is 2.39. The summed E-state index contributed by atoms with van der Waals surface area (Å²) in [7, 11) is 0. The van der Waals surface area contributed by atoms with Gasteiger partial charge in [0.1, 0.15) is 0 Å². The lowest BCUT2D eigenvalue weighted by molar-refractivity contribution is -0.119. The number of allylic oxidation sites excluding steroid dienone is 2. The van der Waals surface area contributed by atoms with Gasteiger partial charge in [0.05, 0.1) is 0 Å². The van der Waals surface area contributed by atoms with E-state index in [1.807, 2.05) is 0 Å². The summed E-state index contributed by atoms with van der Waals surface area (Å²) in [5.41, 5.74) is 5.23. The summed E-state index contributed by atoms with van der Waals surface area (Å²) in [5, 5.41) is 0. The summed E-state index contributed by atoms with van der Waals surface area (Å²) in [5.74, 6) is 1.11. The summed E-state index contributed by atoms with van der Waals surface area (Å²) < 4.78 is 0. The van der Waals surface area contributed by atoms with Crippen LogP contribution in [0.5, 0.6) is 0 Å². The smallest absolute Gasteiger partial charge is 0.217 e. The van der Waals surface area contributed by atoms with Gasteiger partial charge >= 0.3 is 0 Å². The molecule has 0 saturated heterocycles. The maximum absolute atomic E-state index is 10.8. The van der Waals surface area contributed by atoms with Crippen LogP contribution in [0.1, 0.15) is 45.4 Å². The van der Waals surface area contributed by atoms with Crippen molar-refractivity contribution in [2.24, 2.45) is 17.6 Å². The molecule has 80 valence electrons. The van der Waals surface area contributed by atoms with E-state index in [0.29, 0.717) is 18.3 Å². The van der Waals surface area contributed by atoms with Gasteiger partial charge in [0, 0.05) is 6.42 Å². The number of carbonyl (C=O) groups excluding carboxylic acids is 1. The Morgan fingerprint density at radius 3 is 2.71 bits per heavy atom. The first-order chi connectivity index (χ1) is 6.74. The molecule has 1 amide bonds. The molecule has 1 fully saturated rings. The van der Waals surface area contributed by atoms with Crippen LogP contribution in [-0.4, -0.2) is 5.91 Å². The van der Waals surface area contributed by atoms with Crippen molar-refractivity contribution in [1.82, 2.24) is 0 Å². The van der Waals surface area contributed by atoms with E-state index in [-0.39, 0.29) is 5.91 Å². The monoisotopic (exact) mass is 195 g/mol. The quantitative estimate of drug-likeness (QED) is 0.673. The Balaban J connectivity index is 2.35. The van der Waals surface area contributed by atoms with Gasteiger partial charge in [-0.15, -0.1) is 0 Å². The van der Waals surface area contributed by atoms with E-state index in [9.17, 15) is 4.79 Å². The van der Waals surface area contributed by atoms with E-state index in [2.05, 4.69) is 19.1 Å². The van der Waals surface area contributed by atoms with Gasteiger partial charge in [0.25, 0.3) is 0 Å². The van der Waals surface area contributed by atoms with Crippen molar-refractivity contribution < 1.29 is 4.79 Å². The number of carbonyl (C=O) groups is 1. The minimum absolute atomic E-state index is 0.138. The number of nitrogens with two attached hydrogens (primary N) is 1. The lowest BCUT2D eigenvalue weighted by Gasteiger charge is -2.15. The van der Waals surface area contributed by atoms with Crippen molar-refractivity contribution in [3.8, 4) is 0 Å². The van der Waals surface area contributed by atoms with Gasteiger partial charge in [0.2, 0.25) is 5.91 Å². The van der Waals surface area contributed by atoms with E-state index >= 15 is 0 Å². The predicted octanol–water partition coefficient (Wildman–Crippen LogP) is 2.63. The highest BCUT2D eigenvalue weighted by atomic mass is 16.1. The average Bonchev–Trinajstić information content (AvgIpc) is 2.52. The second-order valence-electron chi connectivity index (χ2n) is 4.24. The number of rotatable bonds is 5. The molecule has 0 aromatic heterocycles. The minimum Gasteiger partial charge on any atom is -0.370 e. The topological polar surface area (TPSA) is 43.1 Å². The molecular weight excluding hydrogens is 174 g/mol. The van der Waals surface area contributed by atoms with E-state index in [4.69, 9.17) is 5.73 Å². The molecule has 0 spiro atoms. The fraction of sp³-hybridized carbons (Fsp3) is 0.750. The van der Waals surface area contributed by atoms with Gasteiger partial charge in [-0.2, -0.15) is 0 Å². The Morgan fingerprint density at radius 1 is 1.36 bits per heavy atom. The zero-order valence-electron chi connectivity index (χ0n) is 9.04. The lowest BCUT2D eigenvalue weighted by Crippen LogP contribution is -2.18. The molecule has 14 heavy (non-hydrogen) atoms. The molecule has 0 unspecified atom stereocenters. The number of hydrogen-bond donors (Lipinski definition) is 1. The lowest BCUT2D eigenvalue weighted by atomic mass is 9.90. The summed E-state index contributed by atoms with van der Waals surface area (Å²) in [6.07, 6.45) is 11.0. The first-order valence-electron chi connectivity index (χ1n) is 5.67. The molecule has 0 radical (unpaired) electrons. The summed E-state index contributed by atoms with van der Waals surface area (Å²) in [6.45, 7) is 2.14. The molecule has 2 heteroatoms. The minimum atomic E-state index is -0.138. The standard InChI is InChI=1S/C12H21NO/c1-2-3-4-6-10-7-5-8-11(10)9-12(13)14/h3-4,10-11H,2,5-9H2,1H3,(H2,13,14)/b4-3-/t10-,11-/m1/s1. The SMILES string of the molecule is CC/C=C\C[C@@H]1CCC[C@@H]1CC(N)=O. The van der Waals surface area contributed by atoms with Crippen molar-refractivity contribution in [3.63, 3.8) is 0 Å². The third kappa shape index (κ3) is 3.52. The van der Waals surface area contributed by atoms with E-state index in [0.717, 1.165) is 12.8 Å². The van der Waals surface area contributed by atoms with E-state index in [1.54, 1.807) is 0 Å². The molecule has 2 N–H and O–H groups in total. The van der Waals surface area contributed by atoms with Crippen molar-refractivity contribution in [1.29, 1.82) is 0 Å². The molecular formula is C12H21NO. The Morgan fingerprint density at radius 2 is 2.07 bits per heavy atom. The van der Waals surface area contributed by atoms with E-state index < -0.39 is 0 Å². The molecule has 2 atom stereocenters. The highest BCUT2D eigenvalue weighted by Crippen LogP contribution is 2.36. The highest BCUT2D eigenvalue weighted by Gasteiger charge is 2.27. The molecule has 1 aliphatic rings. The van der Waals surface area contributed by atoms with Crippen molar-refractivity contribution >= 4 is 5.91 Å². The maximum atomic E-state index is 10.8. The van der Waals surface area contributed by atoms with Crippen LogP contribution in [-0.2, 0) is 4.79 Å². The van der Waals surface area contributed by atoms with Crippen LogP contribution >= 0.6 is 0 Å². The second kappa shape index (κ2) is 5.84. The van der Waals surface area contributed by atoms with Crippen LogP contribution in [0.3, 0.4) is 0 Å². The Bertz CT molecular complexity index is 210. The van der Waals surface area contributed by atoms with Crippen LogP contribution < -0.4 is 5.73 Å². The zero-order valence-corrected chi connectivity index (χ0v) is 9.04. The van der Waals surface area contributed by atoms with Crippen LogP contribution in [0.2, 0.25) is 0 Å². The van der Waals surface area contributed by atoms with Gasteiger partial charge in [-0.1, -0.05) is 25.5 Å². The zero-order chi connectivity index (χ0) is 10.4. The van der Waals surface area contributed by atoms with Crippen molar-refractivity contribution in [2.45, 2.75) is 45.4 Å². The molecule has 0 bridgehead atoms. The molecule has 0 heterocycles. The maximum Gasteiger partial charge on any atom is 0.217 e. The average molecular weight is 195 g/mol. The van der Waals surface area contributed by atoms with Crippen LogP contribution in [0.15, 0.2) is 12.2 Å². The fourth-order valence-corrected chi connectivity index (χ4v) is 2.39. The Kier molecular flexibility index (Phi) is 4.71. The van der Waals surface area contributed by atoms with Gasteiger partial charge in [-0.25, -0.2) is 0 Å². The third-order valence-corrected chi connectivity index (χ3v) is 3.12. The summed E-state index contributed by atoms with van der Waals surface area (Å²) in [6, 6.07) is 0. The molecule has 0 aromatic carbocycles. The Hall–Kier alpha value is -0.790. The number of amides is 1. The molecule has 1 saturated carbocycles. The van der Waals surface area contributed by atoms with Gasteiger partial charge in [0.15, 0.2) is 0 Å². The summed E-state index contributed by atoms with van der Waals surface area (Å²) >= 11 is 0. The molecule has 1 aliphatic carbocycles. The van der Waals surface area contributed by atoms with Crippen LogP contribution in [0.4, 0.5) is 0 Å². The molecule has 1 rings (SSSR count). The highest BCUT2D eigenvalue weighted by molar-refractivity contribution is 5.74.